The van der Waals surface area contributed by atoms with Gasteiger partial charge in [0.25, 0.3) is 5.91 Å². The van der Waals surface area contributed by atoms with E-state index in [-0.39, 0.29) is 11.6 Å². The number of ether oxygens (including phenoxy) is 1. The number of nitrogens with one attached hydrogen (secondary N) is 1. The Kier molecular flexibility index (Phi) is 4.58. The molecule has 0 radical (unpaired) electrons. The van der Waals surface area contributed by atoms with Crippen LogP contribution in [0.15, 0.2) is 61.6 Å². The van der Waals surface area contributed by atoms with Crippen molar-refractivity contribution in [3.63, 3.8) is 0 Å². The van der Waals surface area contributed by atoms with Gasteiger partial charge in [0.05, 0.1) is 19.1 Å². The van der Waals surface area contributed by atoms with Gasteiger partial charge in [-0.25, -0.2) is 9.97 Å². The van der Waals surface area contributed by atoms with Crippen LogP contribution in [0.2, 0.25) is 0 Å². The Hall–Kier alpha value is -3.22. The second-order valence-corrected chi connectivity index (χ2v) is 4.72. The van der Waals surface area contributed by atoms with Crippen LogP contribution in [-0.2, 0) is 6.54 Å². The Morgan fingerprint density at radius 2 is 2.17 bits per heavy atom. The third-order valence-electron chi connectivity index (χ3n) is 3.07. The molecule has 0 unspecified atom stereocenters. The minimum atomic E-state index is -0.311. The van der Waals surface area contributed by atoms with E-state index in [0.29, 0.717) is 24.6 Å². The van der Waals surface area contributed by atoms with Gasteiger partial charge in [-0.2, -0.15) is 0 Å². The second-order valence-electron chi connectivity index (χ2n) is 4.72. The lowest BCUT2D eigenvalue weighted by molar-refractivity contribution is 0.102. The number of benzene rings is 1. The standard InChI is InChI=1S/C16H15N5O2/c22-16(15-11-17-4-5-19-15)20-13-2-1-3-14(10-13)23-9-8-21-7-6-18-12-21/h1-7,10-12H,8-9H2,(H,20,22). The van der Waals surface area contributed by atoms with Gasteiger partial charge < -0.3 is 14.6 Å². The van der Waals surface area contributed by atoms with Gasteiger partial charge >= 0.3 is 0 Å². The lowest BCUT2D eigenvalue weighted by Gasteiger charge is -2.09. The first-order valence-electron chi connectivity index (χ1n) is 7.07. The summed E-state index contributed by atoms with van der Waals surface area (Å²) in [6, 6.07) is 7.21. The lowest BCUT2D eigenvalue weighted by Crippen LogP contribution is -2.14. The Morgan fingerprint density at radius 1 is 1.22 bits per heavy atom. The van der Waals surface area contributed by atoms with Gasteiger partial charge in [-0.3, -0.25) is 9.78 Å². The molecule has 0 aliphatic carbocycles. The van der Waals surface area contributed by atoms with Crippen LogP contribution in [0.5, 0.6) is 5.75 Å². The average Bonchev–Trinajstić information content (AvgIpc) is 3.09. The van der Waals surface area contributed by atoms with E-state index in [2.05, 4.69) is 20.3 Å². The van der Waals surface area contributed by atoms with E-state index in [9.17, 15) is 4.79 Å². The molecule has 3 rings (SSSR count). The molecule has 1 aromatic carbocycles. The van der Waals surface area contributed by atoms with Crippen LogP contribution in [0.1, 0.15) is 10.5 Å². The van der Waals surface area contributed by atoms with Crippen molar-refractivity contribution in [1.82, 2.24) is 19.5 Å². The Balaban J connectivity index is 1.57. The van der Waals surface area contributed by atoms with Gasteiger partial charge in [0, 0.05) is 36.5 Å². The molecule has 1 amide bonds. The van der Waals surface area contributed by atoms with E-state index < -0.39 is 0 Å². The number of carbonyl (C=O) groups excluding carboxylic acids is 1. The highest BCUT2D eigenvalue weighted by Gasteiger charge is 2.07. The van der Waals surface area contributed by atoms with Crippen molar-refractivity contribution in [2.24, 2.45) is 0 Å². The van der Waals surface area contributed by atoms with Crippen LogP contribution >= 0.6 is 0 Å². The van der Waals surface area contributed by atoms with Gasteiger partial charge in [0.1, 0.15) is 18.1 Å². The molecular formula is C16H15N5O2. The fraction of sp³-hybridized carbons (Fsp3) is 0.125. The summed E-state index contributed by atoms with van der Waals surface area (Å²) in [5.41, 5.74) is 0.903. The minimum absolute atomic E-state index is 0.263. The molecule has 7 nitrogen and oxygen atoms in total. The molecule has 1 N–H and O–H groups in total. The monoisotopic (exact) mass is 309 g/mol. The molecule has 0 saturated heterocycles. The molecule has 0 spiro atoms. The zero-order valence-electron chi connectivity index (χ0n) is 12.3. The Morgan fingerprint density at radius 3 is 2.96 bits per heavy atom. The number of carbonyl (C=O) groups is 1. The highest BCUT2D eigenvalue weighted by atomic mass is 16.5. The van der Waals surface area contributed by atoms with Crippen molar-refractivity contribution in [3.05, 3.63) is 67.3 Å². The first-order chi connectivity index (χ1) is 11.3. The van der Waals surface area contributed by atoms with Crippen LogP contribution < -0.4 is 10.1 Å². The third-order valence-corrected chi connectivity index (χ3v) is 3.07. The van der Waals surface area contributed by atoms with Crippen LogP contribution in [0.4, 0.5) is 5.69 Å². The molecule has 0 atom stereocenters. The molecule has 7 heteroatoms. The summed E-state index contributed by atoms with van der Waals surface area (Å²) in [4.78, 5) is 23.8. The molecule has 0 bridgehead atoms. The van der Waals surface area contributed by atoms with E-state index in [0.717, 1.165) is 0 Å². The second kappa shape index (κ2) is 7.17. The number of hydrogen-bond acceptors (Lipinski definition) is 5. The molecule has 2 heterocycles. The summed E-state index contributed by atoms with van der Waals surface area (Å²) in [7, 11) is 0. The highest BCUT2D eigenvalue weighted by Crippen LogP contribution is 2.17. The predicted molar refractivity (Wildman–Crippen MR) is 84.1 cm³/mol. The summed E-state index contributed by atoms with van der Waals surface area (Å²) in [6.07, 6.45) is 9.75. The molecule has 23 heavy (non-hydrogen) atoms. The van der Waals surface area contributed by atoms with Crippen LogP contribution in [0, 0.1) is 0 Å². The molecule has 0 aliphatic rings. The molecule has 0 saturated carbocycles. The zero-order valence-corrected chi connectivity index (χ0v) is 12.3. The maximum atomic E-state index is 12.0. The maximum absolute atomic E-state index is 12.0. The van der Waals surface area contributed by atoms with Gasteiger partial charge in [-0.05, 0) is 12.1 Å². The Bertz CT molecular complexity index is 759. The van der Waals surface area contributed by atoms with Gasteiger partial charge in [0.2, 0.25) is 0 Å². The normalized spacial score (nSPS) is 10.3. The van der Waals surface area contributed by atoms with E-state index in [1.807, 2.05) is 22.9 Å². The number of hydrogen-bond donors (Lipinski definition) is 1. The largest absolute Gasteiger partial charge is 0.492 e. The molecule has 0 fully saturated rings. The topological polar surface area (TPSA) is 81.9 Å². The van der Waals surface area contributed by atoms with Crippen molar-refractivity contribution < 1.29 is 9.53 Å². The van der Waals surface area contributed by atoms with Crippen molar-refractivity contribution in [2.45, 2.75) is 6.54 Å². The summed E-state index contributed by atoms with van der Waals surface area (Å²) in [6.45, 7) is 1.22. The van der Waals surface area contributed by atoms with Gasteiger partial charge in [0.15, 0.2) is 0 Å². The molecule has 2 aromatic heterocycles. The number of rotatable bonds is 6. The quantitative estimate of drug-likeness (QED) is 0.753. The minimum Gasteiger partial charge on any atom is -0.492 e. The fourth-order valence-electron chi connectivity index (χ4n) is 1.96. The van der Waals surface area contributed by atoms with Crippen molar-refractivity contribution >= 4 is 11.6 Å². The number of aromatic nitrogens is 4. The number of anilines is 1. The van der Waals surface area contributed by atoms with Crippen LogP contribution in [0.25, 0.3) is 0 Å². The molecule has 116 valence electrons. The van der Waals surface area contributed by atoms with Crippen molar-refractivity contribution in [1.29, 1.82) is 0 Å². The third kappa shape index (κ3) is 4.13. The lowest BCUT2D eigenvalue weighted by atomic mass is 10.3. The van der Waals surface area contributed by atoms with E-state index in [4.69, 9.17) is 4.74 Å². The van der Waals surface area contributed by atoms with Gasteiger partial charge in [-0.1, -0.05) is 6.07 Å². The molecule has 3 aromatic rings. The number of nitrogens with zero attached hydrogens (tertiary/aromatic N) is 4. The van der Waals surface area contributed by atoms with E-state index in [1.54, 1.807) is 24.7 Å². The molecular weight excluding hydrogens is 294 g/mol. The predicted octanol–water partition coefficient (Wildman–Crippen LogP) is 2.00. The number of imidazole rings is 1. The Labute approximate surface area is 133 Å². The van der Waals surface area contributed by atoms with Crippen LogP contribution in [0.3, 0.4) is 0 Å². The fourth-order valence-corrected chi connectivity index (χ4v) is 1.96. The van der Waals surface area contributed by atoms with Crippen molar-refractivity contribution in [3.8, 4) is 5.75 Å². The van der Waals surface area contributed by atoms with E-state index in [1.165, 1.54) is 18.6 Å². The van der Waals surface area contributed by atoms with Crippen molar-refractivity contribution in [2.75, 3.05) is 11.9 Å². The van der Waals surface area contributed by atoms with Gasteiger partial charge in [-0.15, -0.1) is 0 Å². The molecule has 0 aliphatic heterocycles. The first kappa shape index (κ1) is 14.7. The number of amides is 1. The maximum Gasteiger partial charge on any atom is 0.275 e. The van der Waals surface area contributed by atoms with E-state index >= 15 is 0 Å². The summed E-state index contributed by atoms with van der Waals surface area (Å²) in [5.74, 6) is 0.371. The summed E-state index contributed by atoms with van der Waals surface area (Å²) >= 11 is 0. The summed E-state index contributed by atoms with van der Waals surface area (Å²) in [5, 5.41) is 2.77. The smallest absolute Gasteiger partial charge is 0.275 e. The first-order valence-corrected chi connectivity index (χ1v) is 7.07. The SMILES string of the molecule is O=C(Nc1cccc(OCCn2ccnc2)c1)c1cnccn1. The highest BCUT2D eigenvalue weighted by molar-refractivity contribution is 6.02. The van der Waals surface area contributed by atoms with Crippen LogP contribution in [-0.4, -0.2) is 32.0 Å². The zero-order chi connectivity index (χ0) is 15.9. The average molecular weight is 309 g/mol. The summed E-state index contributed by atoms with van der Waals surface area (Å²) < 4.78 is 7.61.